The van der Waals surface area contributed by atoms with E-state index in [1.807, 2.05) is 18.5 Å². The smallest absolute Gasteiger partial charge is 0.195 e. The lowest BCUT2D eigenvalue weighted by Crippen LogP contribution is -1.97. The maximum atomic E-state index is 9.78. The van der Waals surface area contributed by atoms with Gasteiger partial charge in [0.25, 0.3) is 0 Å². The summed E-state index contributed by atoms with van der Waals surface area (Å²) in [5.74, 6) is 0.817. The summed E-state index contributed by atoms with van der Waals surface area (Å²) in [6.07, 6.45) is -0.593. The maximum Gasteiger partial charge on any atom is 0.195 e. The number of rotatable bonds is 3. The van der Waals surface area contributed by atoms with Crippen LogP contribution in [0.2, 0.25) is 0 Å². The molecule has 0 amide bonds. The number of nitriles is 1. The van der Waals surface area contributed by atoms with Crippen molar-refractivity contribution >= 4 is 11.8 Å². The van der Waals surface area contributed by atoms with Gasteiger partial charge in [0.15, 0.2) is 5.16 Å². The van der Waals surface area contributed by atoms with E-state index in [4.69, 9.17) is 5.26 Å². The third-order valence-corrected chi connectivity index (χ3v) is 3.96. The SMILES string of the molecule is Cc1nnc(Sc2cc(C#N)ccc2C(C)O)n1C. The highest BCUT2D eigenvalue weighted by molar-refractivity contribution is 7.99. The van der Waals surface area contributed by atoms with E-state index in [2.05, 4.69) is 16.3 Å². The van der Waals surface area contributed by atoms with E-state index in [1.165, 1.54) is 11.8 Å². The van der Waals surface area contributed by atoms with Crippen molar-refractivity contribution in [3.05, 3.63) is 35.2 Å². The molecule has 1 aromatic carbocycles. The molecule has 98 valence electrons. The normalized spacial score (nSPS) is 12.2. The van der Waals surface area contributed by atoms with Gasteiger partial charge in [-0.3, -0.25) is 0 Å². The Hall–Kier alpha value is -1.84. The van der Waals surface area contributed by atoms with Crippen LogP contribution in [-0.2, 0) is 7.05 Å². The maximum absolute atomic E-state index is 9.78. The summed E-state index contributed by atoms with van der Waals surface area (Å²) in [4.78, 5) is 0.824. The zero-order chi connectivity index (χ0) is 14.0. The second kappa shape index (κ2) is 5.43. The van der Waals surface area contributed by atoms with Crippen molar-refractivity contribution in [1.29, 1.82) is 5.26 Å². The average molecular weight is 274 g/mol. The highest BCUT2D eigenvalue weighted by Crippen LogP contribution is 2.33. The Morgan fingerprint density at radius 2 is 2.16 bits per heavy atom. The number of aliphatic hydroxyl groups excluding tert-OH is 1. The molecule has 0 radical (unpaired) electrons. The zero-order valence-corrected chi connectivity index (χ0v) is 11.8. The molecule has 1 unspecified atom stereocenters. The lowest BCUT2D eigenvalue weighted by Gasteiger charge is -2.11. The molecule has 0 saturated carbocycles. The van der Waals surface area contributed by atoms with Gasteiger partial charge < -0.3 is 9.67 Å². The number of aromatic nitrogens is 3. The summed E-state index contributed by atoms with van der Waals surface area (Å²) in [6, 6.07) is 7.34. The van der Waals surface area contributed by atoms with Crippen LogP contribution in [0.25, 0.3) is 0 Å². The number of benzene rings is 1. The molecule has 0 fully saturated rings. The highest BCUT2D eigenvalue weighted by atomic mass is 32.2. The summed E-state index contributed by atoms with van der Waals surface area (Å²) in [6.45, 7) is 3.58. The molecule has 6 heteroatoms. The Morgan fingerprint density at radius 1 is 1.42 bits per heavy atom. The van der Waals surface area contributed by atoms with Crippen LogP contribution in [0, 0.1) is 18.3 Å². The second-order valence-corrected chi connectivity index (χ2v) is 5.24. The Balaban J connectivity index is 2.43. The van der Waals surface area contributed by atoms with Crippen LogP contribution in [0.3, 0.4) is 0 Å². The lowest BCUT2D eigenvalue weighted by molar-refractivity contribution is 0.196. The van der Waals surface area contributed by atoms with Crippen LogP contribution < -0.4 is 0 Å². The topological polar surface area (TPSA) is 74.7 Å². The zero-order valence-electron chi connectivity index (χ0n) is 11.0. The van der Waals surface area contributed by atoms with E-state index in [0.29, 0.717) is 5.56 Å². The van der Waals surface area contributed by atoms with Crippen LogP contribution in [0.4, 0.5) is 0 Å². The fourth-order valence-electron chi connectivity index (χ4n) is 1.61. The van der Waals surface area contributed by atoms with Crippen molar-refractivity contribution in [2.24, 2.45) is 7.05 Å². The molecule has 5 nitrogen and oxygen atoms in total. The van der Waals surface area contributed by atoms with Crippen molar-refractivity contribution in [2.75, 3.05) is 0 Å². The number of aryl methyl sites for hydroxylation is 1. The predicted octanol–water partition coefficient (Wildman–Crippen LogP) is 2.20. The Labute approximate surface area is 115 Å². The van der Waals surface area contributed by atoms with Gasteiger partial charge in [0.05, 0.1) is 17.7 Å². The molecular formula is C13H14N4OS. The first-order valence-electron chi connectivity index (χ1n) is 5.79. The van der Waals surface area contributed by atoms with Gasteiger partial charge >= 0.3 is 0 Å². The monoisotopic (exact) mass is 274 g/mol. The molecule has 0 aliphatic heterocycles. The summed E-state index contributed by atoms with van der Waals surface area (Å²) >= 11 is 1.40. The fraction of sp³-hybridized carbons (Fsp3) is 0.308. The second-order valence-electron chi connectivity index (χ2n) is 4.23. The Morgan fingerprint density at radius 3 is 2.68 bits per heavy atom. The van der Waals surface area contributed by atoms with E-state index in [-0.39, 0.29) is 0 Å². The quantitative estimate of drug-likeness (QED) is 0.928. The van der Waals surface area contributed by atoms with E-state index in [1.54, 1.807) is 25.1 Å². The van der Waals surface area contributed by atoms with Crippen LogP contribution in [0.1, 0.15) is 30.0 Å². The molecule has 0 bridgehead atoms. The van der Waals surface area contributed by atoms with Gasteiger partial charge in [-0.25, -0.2) is 0 Å². The standard InChI is InChI=1S/C13H14N4OS/c1-8(18)11-5-4-10(7-14)6-12(11)19-13-16-15-9(2)17(13)3/h4-6,8,18H,1-3H3. The molecule has 1 heterocycles. The number of hydrogen-bond acceptors (Lipinski definition) is 5. The van der Waals surface area contributed by atoms with E-state index in [0.717, 1.165) is 21.4 Å². The summed E-state index contributed by atoms with van der Waals surface area (Å²) in [5, 5.41) is 27.5. The molecule has 2 rings (SSSR count). The van der Waals surface area contributed by atoms with Gasteiger partial charge in [-0.2, -0.15) is 5.26 Å². The molecule has 1 atom stereocenters. The minimum absolute atomic E-state index is 0.561. The van der Waals surface area contributed by atoms with Crippen molar-refractivity contribution in [3.63, 3.8) is 0 Å². The first-order valence-corrected chi connectivity index (χ1v) is 6.60. The van der Waals surface area contributed by atoms with Gasteiger partial charge in [-0.05, 0) is 43.3 Å². The van der Waals surface area contributed by atoms with E-state index >= 15 is 0 Å². The predicted molar refractivity (Wildman–Crippen MR) is 71.7 cm³/mol. The first kappa shape index (κ1) is 13.6. The molecule has 0 saturated heterocycles. The van der Waals surface area contributed by atoms with Gasteiger partial charge in [0.2, 0.25) is 0 Å². The van der Waals surface area contributed by atoms with E-state index in [9.17, 15) is 5.11 Å². The van der Waals surface area contributed by atoms with Gasteiger partial charge in [-0.15, -0.1) is 10.2 Å². The lowest BCUT2D eigenvalue weighted by atomic mass is 10.1. The molecular weight excluding hydrogens is 260 g/mol. The first-order chi connectivity index (χ1) is 9.02. The molecule has 1 aromatic heterocycles. The van der Waals surface area contributed by atoms with Crippen molar-refractivity contribution in [1.82, 2.24) is 14.8 Å². The molecule has 19 heavy (non-hydrogen) atoms. The summed E-state index contributed by atoms with van der Waals surface area (Å²) in [5.41, 5.74) is 1.34. The number of nitrogens with zero attached hydrogens (tertiary/aromatic N) is 4. The van der Waals surface area contributed by atoms with Crippen LogP contribution in [-0.4, -0.2) is 19.9 Å². The molecule has 0 aliphatic carbocycles. The third kappa shape index (κ3) is 2.78. The van der Waals surface area contributed by atoms with Crippen LogP contribution >= 0.6 is 11.8 Å². The van der Waals surface area contributed by atoms with Crippen molar-refractivity contribution in [2.45, 2.75) is 30.0 Å². The van der Waals surface area contributed by atoms with Gasteiger partial charge in [0, 0.05) is 11.9 Å². The molecule has 0 aliphatic rings. The Kier molecular flexibility index (Phi) is 3.88. The van der Waals surface area contributed by atoms with E-state index < -0.39 is 6.10 Å². The fourth-order valence-corrected chi connectivity index (χ4v) is 2.70. The largest absolute Gasteiger partial charge is 0.389 e. The average Bonchev–Trinajstić information content (AvgIpc) is 2.70. The molecule has 0 spiro atoms. The van der Waals surface area contributed by atoms with Gasteiger partial charge in [0.1, 0.15) is 5.82 Å². The van der Waals surface area contributed by atoms with Crippen LogP contribution in [0.15, 0.2) is 28.3 Å². The summed E-state index contributed by atoms with van der Waals surface area (Å²) in [7, 11) is 1.88. The van der Waals surface area contributed by atoms with Crippen LogP contribution in [0.5, 0.6) is 0 Å². The highest BCUT2D eigenvalue weighted by Gasteiger charge is 2.14. The van der Waals surface area contributed by atoms with Gasteiger partial charge in [-0.1, -0.05) is 6.07 Å². The number of aliphatic hydroxyl groups is 1. The molecule has 1 N–H and O–H groups in total. The van der Waals surface area contributed by atoms with Crippen molar-refractivity contribution < 1.29 is 5.11 Å². The minimum Gasteiger partial charge on any atom is -0.389 e. The Bertz CT molecular complexity index is 643. The van der Waals surface area contributed by atoms with Crippen molar-refractivity contribution in [3.8, 4) is 6.07 Å². The number of hydrogen-bond donors (Lipinski definition) is 1. The third-order valence-electron chi connectivity index (χ3n) is 2.85. The molecule has 2 aromatic rings. The minimum atomic E-state index is -0.593. The summed E-state index contributed by atoms with van der Waals surface area (Å²) < 4.78 is 1.87.